The molecule has 3 aromatic carbocycles. The standard InChI is InChI=1S/C18H14N2O/c1-21-15-8-9-16-17(11-15)20-18(19-16)14-7-6-12-4-2-3-5-13(12)10-14/h2-11H,1H3,(H,19,20). The zero-order valence-corrected chi connectivity index (χ0v) is 11.6. The molecule has 3 heteroatoms. The van der Waals surface area contributed by atoms with E-state index in [4.69, 9.17) is 4.74 Å². The predicted molar refractivity (Wildman–Crippen MR) is 85.6 cm³/mol. The molecule has 0 aliphatic heterocycles. The third-order valence-electron chi connectivity index (χ3n) is 3.71. The summed E-state index contributed by atoms with van der Waals surface area (Å²) in [5.41, 5.74) is 3.01. The molecule has 0 atom stereocenters. The molecule has 1 heterocycles. The van der Waals surface area contributed by atoms with E-state index >= 15 is 0 Å². The first-order chi connectivity index (χ1) is 10.3. The number of fused-ring (bicyclic) bond motifs is 2. The van der Waals surface area contributed by atoms with Gasteiger partial charge in [-0.1, -0.05) is 36.4 Å². The Bertz CT molecular complexity index is 940. The van der Waals surface area contributed by atoms with Gasteiger partial charge in [-0.25, -0.2) is 4.98 Å². The third kappa shape index (κ3) is 2.03. The van der Waals surface area contributed by atoms with Crippen LogP contribution in [0.5, 0.6) is 5.75 Å². The Balaban J connectivity index is 1.87. The molecule has 0 aliphatic rings. The van der Waals surface area contributed by atoms with Gasteiger partial charge in [-0.3, -0.25) is 0 Å². The quantitative estimate of drug-likeness (QED) is 0.588. The SMILES string of the molecule is COc1ccc2nc(-c3ccc4ccccc4c3)[nH]c2c1. The van der Waals surface area contributed by atoms with Crippen molar-refractivity contribution in [3.63, 3.8) is 0 Å². The summed E-state index contributed by atoms with van der Waals surface area (Å²) in [7, 11) is 1.67. The molecule has 0 bridgehead atoms. The molecule has 4 aromatic rings. The summed E-state index contributed by atoms with van der Waals surface area (Å²) in [4.78, 5) is 8.01. The van der Waals surface area contributed by atoms with Gasteiger partial charge in [0.15, 0.2) is 0 Å². The van der Waals surface area contributed by atoms with Crippen LogP contribution in [0.15, 0.2) is 60.7 Å². The summed E-state index contributed by atoms with van der Waals surface area (Å²) in [6.07, 6.45) is 0. The van der Waals surface area contributed by atoms with Crippen molar-refractivity contribution in [1.82, 2.24) is 9.97 Å². The molecule has 1 N–H and O–H groups in total. The number of nitrogens with one attached hydrogen (secondary N) is 1. The number of hydrogen-bond acceptors (Lipinski definition) is 2. The largest absolute Gasteiger partial charge is 0.497 e. The fraction of sp³-hybridized carbons (Fsp3) is 0.0556. The lowest BCUT2D eigenvalue weighted by molar-refractivity contribution is 0.415. The van der Waals surface area contributed by atoms with E-state index < -0.39 is 0 Å². The van der Waals surface area contributed by atoms with Crippen LogP contribution in [0, 0.1) is 0 Å². The first-order valence-corrected chi connectivity index (χ1v) is 6.86. The number of aromatic nitrogens is 2. The fourth-order valence-corrected chi connectivity index (χ4v) is 2.59. The number of hydrogen-bond donors (Lipinski definition) is 1. The van der Waals surface area contributed by atoms with Crippen LogP contribution in [0.4, 0.5) is 0 Å². The number of methoxy groups -OCH3 is 1. The number of imidazole rings is 1. The minimum atomic E-state index is 0.830. The number of nitrogens with zero attached hydrogens (tertiary/aromatic N) is 1. The lowest BCUT2D eigenvalue weighted by Gasteiger charge is -2.00. The van der Waals surface area contributed by atoms with Crippen LogP contribution in [0.25, 0.3) is 33.2 Å². The molecule has 0 aliphatic carbocycles. The minimum Gasteiger partial charge on any atom is -0.497 e. The molecule has 0 amide bonds. The Morgan fingerprint density at radius 1 is 0.905 bits per heavy atom. The van der Waals surface area contributed by atoms with Crippen molar-refractivity contribution < 1.29 is 4.74 Å². The van der Waals surface area contributed by atoms with Gasteiger partial charge in [0, 0.05) is 11.6 Å². The van der Waals surface area contributed by atoms with Crippen LogP contribution in [0.2, 0.25) is 0 Å². The molecule has 0 saturated carbocycles. The van der Waals surface area contributed by atoms with E-state index in [-0.39, 0.29) is 0 Å². The Kier molecular flexibility index (Phi) is 2.64. The molecule has 1 aromatic heterocycles. The molecule has 4 rings (SSSR count). The van der Waals surface area contributed by atoms with Crippen molar-refractivity contribution in [2.75, 3.05) is 7.11 Å². The molecule has 21 heavy (non-hydrogen) atoms. The monoisotopic (exact) mass is 274 g/mol. The Morgan fingerprint density at radius 3 is 2.62 bits per heavy atom. The van der Waals surface area contributed by atoms with Gasteiger partial charge in [-0.2, -0.15) is 0 Å². The molecule has 0 spiro atoms. The number of rotatable bonds is 2. The zero-order valence-electron chi connectivity index (χ0n) is 11.6. The van der Waals surface area contributed by atoms with Crippen LogP contribution in [0.3, 0.4) is 0 Å². The van der Waals surface area contributed by atoms with Gasteiger partial charge < -0.3 is 9.72 Å². The smallest absolute Gasteiger partial charge is 0.138 e. The summed E-state index contributed by atoms with van der Waals surface area (Å²) in [5, 5.41) is 2.45. The molecule has 102 valence electrons. The molecular formula is C18H14N2O. The van der Waals surface area contributed by atoms with Crippen LogP contribution < -0.4 is 4.74 Å². The molecule has 0 radical (unpaired) electrons. The van der Waals surface area contributed by atoms with Crippen LogP contribution in [0.1, 0.15) is 0 Å². The summed E-state index contributed by atoms with van der Waals surface area (Å²) in [6.45, 7) is 0. The van der Waals surface area contributed by atoms with Crippen molar-refractivity contribution in [3.05, 3.63) is 60.7 Å². The van der Waals surface area contributed by atoms with E-state index in [0.717, 1.165) is 28.2 Å². The van der Waals surface area contributed by atoms with E-state index in [0.29, 0.717) is 0 Å². The maximum atomic E-state index is 5.25. The van der Waals surface area contributed by atoms with Crippen molar-refractivity contribution in [1.29, 1.82) is 0 Å². The summed E-state index contributed by atoms with van der Waals surface area (Å²) in [5.74, 6) is 1.71. The van der Waals surface area contributed by atoms with E-state index in [2.05, 4.69) is 52.4 Å². The Labute approximate surface area is 122 Å². The highest BCUT2D eigenvalue weighted by Gasteiger charge is 2.06. The van der Waals surface area contributed by atoms with Gasteiger partial charge in [-0.05, 0) is 29.0 Å². The van der Waals surface area contributed by atoms with Gasteiger partial charge in [0.1, 0.15) is 11.6 Å². The lowest BCUT2D eigenvalue weighted by atomic mass is 10.1. The van der Waals surface area contributed by atoms with E-state index in [9.17, 15) is 0 Å². The molecular weight excluding hydrogens is 260 g/mol. The maximum Gasteiger partial charge on any atom is 0.138 e. The van der Waals surface area contributed by atoms with Crippen molar-refractivity contribution >= 4 is 21.8 Å². The van der Waals surface area contributed by atoms with Crippen molar-refractivity contribution in [2.45, 2.75) is 0 Å². The van der Waals surface area contributed by atoms with Crippen LogP contribution in [-0.4, -0.2) is 17.1 Å². The number of aromatic amines is 1. The number of benzene rings is 3. The Morgan fingerprint density at radius 2 is 1.76 bits per heavy atom. The second kappa shape index (κ2) is 4.63. The van der Waals surface area contributed by atoms with Gasteiger partial charge in [0.25, 0.3) is 0 Å². The second-order valence-electron chi connectivity index (χ2n) is 5.03. The summed E-state index contributed by atoms with van der Waals surface area (Å²) in [6, 6.07) is 20.6. The van der Waals surface area contributed by atoms with Gasteiger partial charge >= 0.3 is 0 Å². The van der Waals surface area contributed by atoms with Gasteiger partial charge in [0.05, 0.1) is 18.1 Å². The average Bonchev–Trinajstić information content (AvgIpc) is 2.97. The lowest BCUT2D eigenvalue weighted by Crippen LogP contribution is -1.81. The summed E-state index contributed by atoms with van der Waals surface area (Å²) < 4.78 is 5.25. The summed E-state index contributed by atoms with van der Waals surface area (Å²) >= 11 is 0. The van der Waals surface area contributed by atoms with Crippen molar-refractivity contribution in [3.8, 4) is 17.1 Å². The average molecular weight is 274 g/mol. The number of ether oxygens (including phenoxy) is 1. The first kappa shape index (κ1) is 12.0. The number of H-pyrrole nitrogens is 1. The highest BCUT2D eigenvalue weighted by molar-refractivity contribution is 5.88. The minimum absolute atomic E-state index is 0.830. The molecule has 0 unspecified atom stereocenters. The van der Waals surface area contributed by atoms with Crippen molar-refractivity contribution in [2.24, 2.45) is 0 Å². The normalized spacial score (nSPS) is 11.1. The predicted octanol–water partition coefficient (Wildman–Crippen LogP) is 4.39. The van der Waals surface area contributed by atoms with Crippen LogP contribution in [-0.2, 0) is 0 Å². The van der Waals surface area contributed by atoms with Gasteiger partial charge in [0.2, 0.25) is 0 Å². The van der Waals surface area contributed by atoms with E-state index in [1.54, 1.807) is 7.11 Å². The molecule has 0 saturated heterocycles. The molecule has 3 nitrogen and oxygen atoms in total. The Hall–Kier alpha value is -2.81. The van der Waals surface area contributed by atoms with Gasteiger partial charge in [-0.15, -0.1) is 0 Å². The molecule has 0 fully saturated rings. The first-order valence-electron chi connectivity index (χ1n) is 6.86. The van der Waals surface area contributed by atoms with E-state index in [1.165, 1.54) is 10.8 Å². The second-order valence-corrected chi connectivity index (χ2v) is 5.03. The fourth-order valence-electron chi connectivity index (χ4n) is 2.59. The van der Waals surface area contributed by atoms with Crippen LogP contribution >= 0.6 is 0 Å². The van der Waals surface area contributed by atoms with E-state index in [1.807, 2.05) is 18.2 Å². The highest BCUT2D eigenvalue weighted by atomic mass is 16.5. The zero-order chi connectivity index (χ0) is 14.2. The third-order valence-corrected chi connectivity index (χ3v) is 3.71. The highest BCUT2D eigenvalue weighted by Crippen LogP contribution is 2.26. The maximum absolute atomic E-state index is 5.25. The topological polar surface area (TPSA) is 37.9 Å².